The molecule has 0 heterocycles. The smallest absolute Gasteiger partial charge is 0.0281 e. The molecule has 0 atom stereocenters. The number of hydrogen-bond acceptors (Lipinski definition) is 1. The maximum atomic E-state index is 5.75. The first-order chi connectivity index (χ1) is 6.06. The Labute approximate surface area is 83.7 Å². The van der Waals surface area contributed by atoms with Gasteiger partial charge in [-0.3, -0.25) is 0 Å². The summed E-state index contributed by atoms with van der Waals surface area (Å²) in [6.07, 6.45) is 10.6. The molecule has 0 rings (SSSR count). The maximum Gasteiger partial charge on any atom is 0.0281 e. The molecular weight excluding hydrogens is 158 g/mol. The van der Waals surface area contributed by atoms with Gasteiger partial charge in [-0.15, -0.1) is 0 Å². The van der Waals surface area contributed by atoms with Crippen LogP contribution in [0.25, 0.3) is 0 Å². The van der Waals surface area contributed by atoms with Crippen LogP contribution in [0.5, 0.6) is 0 Å². The van der Waals surface area contributed by atoms with Crippen LogP contribution in [0.4, 0.5) is 0 Å². The SMILES string of the molecule is C/C=C\CC/C=C/C(C)(C)N.CC. The van der Waals surface area contributed by atoms with Crippen molar-refractivity contribution in [3.63, 3.8) is 0 Å². The Morgan fingerprint density at radius 1 is 1.08 bits per heavy atom. The number of hydrogen-bond donors (Lipinski definition) is 1. The van der Waals surface area contributed by atoms with Crippen LogP contribution in [0.2, 0.25) is 0 Å². The molecule has 0 saturated heterocycles. The van der Waals surface area contributed by atoms with Crippen molar-refractivity contribution in [2.24, 2.45) is 5.73 Å². The second-order valence-corrected chi connectivity index (χ2v) is 3.37. The van der Waals surface area contributed by atoms with E-state index in [1.54, 1.807) is 0 Å². The highest BCUT2D eigenvalue weighted by atomic mass is 14.7. The standard InChI is InChI=1S/C10H19N.C2H6/c1-4-5-6-7-8-9-10(2,3)11;1-2/h4-5,8-9H,6-7,11H2,1-3H3;1-2H3/b5-4-,9-8+;. The van der Waals surface area contributed by atoms with E-state index in [1.807, 2.05) is 34.6 Å². The molecule has 78 valence electrons. The predicted octanol–water partition coefficient (Wildman–Crippen LogP) is 3.66. The highest BCUT2D eigenvalue weighted by Gasteiger charge is 2.02. The van der Waals surface area contributed by atoms with Gasteiger partial charge in [0, 0.05) is 5.54 Å². The van der Waals surface area contributed by atoms with Gasteiger partial charge in [-0.25, -0.2) is 0 Å². The fourth-order valence-electron chi connectivity index (χ4n) is 0.746. The highest BCUT2D eigenvalue weighted by Crippen LogP contribution is 2.01. The lowest BCUT2D eigenvalue weighted by Gasteiger charge is -2.10. The average Bonchev–Trinajstić information content (AvgIpc) is 2.06. The summed E-state index contributed by atoms with van der Waals surface area (Å²) in [6.45, 7) is 10.0. The zero-order valence-electron chi connectivity index (χ0n) is 9.80. The second kappa shape index (κ2) is 9.53. The van der Waals surface area contributed by atoms with Gasteiger partial charge >= 0.3 is 0 Å². The van der Waals surface area contributed by atoms with Crippen LogP contribution in [-0.2, 0) is 0 Å². The van der Waals surface area contributed by atoms with Gasteiger partial charge in [-0.05, 0) is 33.6 Å². The van der Waals surface area contributed by atoms with Gasteiger partial charge in [0.1, 0.15) is 0 Å². The zero-order chi connectivity index (χ0) is 10.7. The van der Waals surface area contributed by atoms with Gasteiger partial charge in [0.2, 0.25) is 0 Å². The molecule has 0 amide bonds. The lowest BCUT2D eigenvalue weighted by molar-refractivity contribution is 0.651. The third-order valence-electron chi connectivity index (χ3n) is 1.28. The summed E-state index contributed by atoms with van der Waals surface area (Å²) in [4.78, 5) is 0. The third-order valence-corrected chi connectivity index (χ3v) is 1.28. The Hall–Kier alpha value is -0.560. The number of nitrogens with two attached hydrogens (primary N) is 1. The van der Waals surface area contributed by atoms with E-state index in [9.17, 15) is 0 Å². The summed E-state index contributed by atoms with van der Waals surface area (Å²) in [5.41, 5.74) is 5.59. The van der Waals surface area contributed by atoms with E-state index in [4.69, 9.17) is 5.73 Å². The van der Waals surface area contributed by atoms with E-state index < -0.39 is 0 Å². The molecular formula is C12H25N. The normalized spacial score (nSPS) is 11.8. The fourth-order valence-corrected chi connectivity index (χ4v) is 0.746. The third kappa shape index (κ3) is 18.4. The van der Waals surface area contributed by atoms with Gasteiger partial charge in [-0.1, -0.05) is 38.2 Å². The Morgan fingerprint density at radius 2 is 1.54 bits per heavy atom. The summed E-state index contributed by atoms with van der Waals surface area (Å²) in [7, 11) is 0. The van der Waals surface area contributed by atoms with Crippen molar-refractivity contribution in [2.75, 3.05) is 0 Å². The first-order valence-electron chi connectivity index (χ1n) is 5.14. The average molecular weight is 183 g/mol. The van der Waals surface area contributed by atoms with Gasteiger partial charge in [0.05, 0.1) is 0 Å². The zero-order valence-corrected chi connectivity index (χ0v) is 9.80. The van der Waals surface area contributed by atoms with Gasteiger partial charge in [0.25, 0.3) is 0 Å². The minimum atomic E-state index is -0.157. The molecule has 0 aromatic heterocycles. The van der Waals surface area contributed by atoms with Gasteiger partial charge in [-0.2, -0.15) is 0 Å². The fraction of sp³-hybridized carbons (Fsp3) is 0.667. The molecule has 0 aromatic carbocycles. The van der Waals surface area contributed by atoms with E-state index in [-0.39, 0.29) is 5.54 Å². The molecule has 13 heavy (non-hydrogen) atoms. The molecule has 2 N–H and O–H groups in total. The molecule has 0 aromatic rings. The van der Waals surface area contributed by atoms with Crippen molar-refractivity contribution >= 4 is 0 Å². The highest BCUT2D eigenvalue weighted by molar-refractivity contribution is 4.99. The van der Waals surface area contributed by atoms with E-state index in [2.05, 4.69) is 24.3 Å². The lowest BCUT2D eigenvalue weighted by Crippen LogP contribution is -2.28. The van der Waals surface area contributed by atoms with Crippen LogP contribution >= 0.6 is 0 Å². The number of rotatable bonds is 4. The van der Waals surface area contributed by atoms with E-state index in [0.29, 0.717) is 0 Å². The topological polar surface area (TPSA) is 26.0 Å². The van der Waals surface area contributed by atoms with Gasteiger partial charge in [0.15, 0.2) is 0 Å². The minimum Gasteiger partial charge on any atom is -0.322 e. The van der Waals surface area contributed by atoms with Crippen LogP contribution in [0.3, 0.4) is 0 Å². The van der Waals surface area contributed by atoms with Gasteiger partial charge < -0.3 is 5.73 Å². The monoisotopic (exact) mass is 183 g/mol. The minimum absolute atomic E-state index is 0.157. The quantitative estimate of drug-likeness (QED) is 0.522. The summed E-state index contributed by atoms with van der Waals surface area (Å²) >= 11 is 0. The van der Waals surface area contributed by atoms with Crippen LogP contribution in [0, 0.1) is 0 Å². The summed E-state index contributed by atoms with van der Waals surface area (Å²) in [5.74, 6) is 0. The molecule has 0 bridgehead atoms. The van der Waals surface area contributed by atoms with Crippen LogP contribution in [-0.4, -0.2) is 5.54 Å². The molecule has 0 radical (unpaired) electrons. The summed E-state index contributed by atoms with van der Waals surface area (Å²) in [5, 5.41) is 0. The van der Waals surface area contributed by atoms with Crippen LogP contribution < -0.4 is 5.73 Å². The largest absolute Gasteiger partial charge is 0.322 e. The van der Waals surface area contributed by atoms with Crippen molar-refractivity contribution in [3.05, 3.63) is 24.3 Å². The van der Waals surface area contributed by atoms with E-state index in [0.717, 1.165) is 12.8 Å². The van der Waals surface area contributed by atoms with Crippen molar-refractivity contribution in [2.45, 2.75) is 53.0 Å². The maximum absolute atomic E-state index is 5.75. The molecule has 0 aliphatic carbocycles. The van der Waals surface area contributed by atoms with Crippen molar-refractivity contribution in [3.8, 4) is 0 Å². The first-order valence-corrected chi connectivity index (χ1v) is 5.14. The molecule has 0 saturated carbocycles. The lowest BCUT2D eigenvalue weighted by atomic mass is 10.1. The van der Waals surface area contributed by atoms with Crippen LogP contribution in [0.1, 0.15) is 47.5 Å². The molecule has 1 heteroatoms. The molecule has 0 aliphatic heterocycles. The Kier molecular flexibility index (Phi) is 10.9. The van der Waals surface area contributed by atoms with Crippen molar-refractivity contribution < 1.29 is 0 Å². The molecule has 0 aliphatic rings. The summed E-state index contributed by atoms with van der Waals surface area (Å²) < 4.78 is 0. The van der Waals surface area contributed by atoms with Crippen molar-refractivity contribution in [1.29, 1.82) is 0 Å². The van der Waals surface area contributed by atoms with Crippen LogP contribution in [0.15, 0.2) is 24.3 Å². The number of unbranched alkanes of at least 4 members (excludes halogenated alkanes) is 1. The first kappa shape index (κ1) is 14.9. The Bertz CT molecular complexity index is 138. The molecule has 0 unspecified atom stereocenters. The molecule has 0 fully saturated rings. The Balaban J connectivity index is 0. The summed E-state index contributed by atoms with van der Waals surface area (Å²) in [6, 6.07) is 0. The predicted molar refractivity (Wildman–Crippen MR) is 62.8 cm³/mol. The van der Waals surface area contributed by atoms with E-state index >= 15 is 0 Å². The number of allylic oxidation sites excluding steroid dienone is 3. The molecule has 0 spiro atoms. The Morgan fingerprint density at radius 3 is 1.92 bits per heavy atom. The van der Waals surface area contributed by atoms with Crippen molar-refractivity contribution in [1.82, 2.24) is 0 Å². The van der Waals surface area contributed by atoms with E-state index in [1.165, 1.54) is 0 Å². The molecule has 1 nitrogen and oxygen atoms in total. The second-order valence-electron chi connectivity index (χ2n) is 3.37.